The lowest BCUT2D eigenvalue weighted by Gasteiger charge is -2.30. The number of ether oxygens (including phenoxy) is 2. The number of amides is 1. The molecule has 35 heavy (non-hydrogen) atoms. The number of fused-ring (bicyclic) bond motifs is 1. The van der Waals surface area contributed by atoms with Crippen molar-refractivity contribution in [3.8, 4) is 17.0 Å². The van der Waals surface area contributed by atoms with Crippen LogP contribution in [0.15, 0.2) is 47.5 Å². The lowest BCUT2D eigenvalue weighted by atomic mass is 9.91. The van der Waals surface area contributed by atoms with E-state index in [0.29, 0.717) is 30.5 Å². The Labute approximate surface area is 206 Å². The Morgan fingerprint density at radius 3 is 2.57 bits per heavy atom. The van der Waals surface area contributed by atoms with Gasteiger partial charge in [-0.1, -0.05) is 12.1 Å². The van der Waals surface area contributed by atoms with E-state index in [0.717, 1.165) is 46.3 Å². The molecule has 184 valence electrons. The van der Waals surface area contributed by atoms with Crippen LogP contribution < -0.4 is 10.1 Å². The fourth-order valence-corrected chi connectivity index (χ4v) is 4.52. The number of carbonyl (C=O) groups is 1. The van der Waals surface area contributed by atoms with Crippen molar-refractivity contribution in [2.45, 2.75) is 58.6 Å². The predicted octanol–water partition coefficient (Wildman–Crippen LogP) is 6.85. The predicted molar refractivity (Wildman–Crippen MR) is 143 cm³/mol. The Balaban J connectivity index is 1.84. The zero-order valence-corrected chi connectivity index (χ0v) is 20.9. The Bertz CT molecular complexity index is 1240. The minimum absolute atomic E-state index is 0.186. The van der Waals surface area contributed by atoms with Gasteiger partial charge in [-0.05, 0) is 69.9 Å². The number of hydrogen-bond acceptors (Lipinski definition) is 5. The van der Waals surface area contributed by atoms with Crippen LogP contribution in [0.2, 0.25) is 0 Å². The minimum atomic E-state index is -0.471. The van der Waals surface area contributed by atoms with E-state index in [1.807, 2.05) is 51.1 Å². The summed E-state index contributed by atoms with van der Waals surface area (Å²) in [4.78, 5) is 16.1. The average molecular weight is 475 g/mol. The largest absolute Gasteiger partial charge is 0.494 e. The number of anilines is 1. The Morgan fingerprint density at radius 2 is 1.97 bits per heavy atom. The topological polar surface area (TPSA) is 88.7 Å². The summed E-state index contributed by atoms with van der Waals surface area (Å²) >= 11 is 0. The van der Waals surface area contributed by atoms with Gasteiger partial charge in [-0.2, -0.15) is 0 Å². The van der Waals surface area contributed by atoms with Gasteiger partial charge in [0.2, 0.25) is 0 Å². The molecular formula is C28H34N4O3. The van der Waals surface area contributed by atoms with Gasteiger partial charge in [0.05, 0.1) is 23.9 Å². The number of benzene rings is 2. The molecule has 1 amide bonds. The van der Waals surface area contributed by atoms with Gasteiger partial charge in [0.15, 0.2) is 0 Å². The molecule has 0 spiro atoms. The summed E-state index contributed by atoms with van der Waals surface area (Å²) in [5.41, 5.74) is 5.24. The van der Waals surface area contributed by atoms with Crippen LogP contribution in [0.1, 0.15) is 58.1 Å². The van der Waals surface area contributed by atoms with E-state index >= 15 is 0 Å². The van der Waals surface area contributed by atoms with Crippen molar-refractivity contribution < 1.29 is 14.3 Å². The molecule has 3 aromatic rings. The minimum Gasteiger partial charge on any atom is -0.494 e. The van der Waals surface area contributed by atoms with Crippen molar-refractivity contribution in [3.05, 3.63) is 48.0 Å². The van der Waals surface area contributed by atoms with Crippen LogP contribution >= 0.6 is 0 Å². The molecule has 2 aromatic carbocycles. The van der Waals surface area contributed by atoms with Crippen LogP contribution in [-0.4, -0.2) is 42.3 Å². The van der Waals surface area contributed by atoms with Crippen molar-refractivity contribution in [1.82, 2.24) is 4.57 Å². The highest BCUT2D eigenvalue weighted by atomic mass is 16.6. The van der Waals surface area contributed by atoms with Crippen LogP contribution in [0.3, 0.4) is 0 Å². The molecule has 1 saturated carbocycles. The van der Waals surface area contributed by atoms with Gasteiger partial charge in [-0.15, -0.1) is 0 Å². The van der Waals surface area contributed by atoms with Crippen molar-refractivity contribution in [2.75, 3.05) is 19.0 Å². The van der Waals surface area contributed by atoms with Crippen LogP contribution in [-0.2, 0) is 4.74 Å². The summed E-state index contributed by atoms with van der Waals surface area (Å²) in [6, 6.07) is 14.3. The van der Waals surface area contributed by atoms with Gasteiger partial charge in [0, 0.05) is 54.1 Å². The van der Waals surface area contributed by atoms with Crippen molar-refractivity contribution in [2.24, 2.45) is 4.99 Å². The molecule has 1 aromatic heterocycles. The summed E-state index contributed by atoms with van der Waals surface area (Å²) in [5.74, 6) is 0.834. The fraction of sp³-hybridized carbons (Fsp3) is 0.393. The van der Waals surface area contributed by atoms with Gasteiger partial charge in [-0.25, -0.2) is 4.79 Å². The van der Waals surface area contributed by atoms with Gasteiger partial charge in [0.1, 0.15) is 5.75 Å². The maximum absolute atomic E-state index is 12.0. The Morgan fingerprint density at radius 1 is 1.23 bits per heavy atom. The molecular weight excluding hydrogens is 440 g/mol. The first-order valence-corrected chi connectivity index (χ1v) is 12.3. The number of nitrogens with one attached hydrogen (secondary N) is 2. The lowest BCUT2D eigenvalue weighted by Crippen LogP contribution is -2.18. The fourth-order valence-electron chi connectivity index (χ4n) is 4.52. The quantitative estimate of drug-likeness (QED) is 0.333. The maximum atomic E-state index is 12.0. The second-order valence-corrected chi connectivity index (χ2v) is 9.07. The molecule has 7 heteroatoms. The third-order valence-electron chi connectivity index (χ3n) is 6.25. The number of carbonyl (C=O) groups excluding carboxylic acids is 1. The van der Waals surface area contributed by atoms with E-state index in [-0.39, 0.29) is 6.10 Å². The van der Waals surface area contributed by atoms with Crippen LogP contribution in [0.5, 0.6) is 5.75 Å². The van der Waals surface area contributed by atoms with E-state index in [4.69, 9.17) is 14.9 Å². The summed E-state index contributed by atoms with van der Waals surface area (Å²) in [7, 11) is 1.73. The van der Waals surface area contributed by atoms with Crippen molar-refractivity contribution in [3.63, 3.8) is 0 Å². The normalized spacial score (nSPS) is 13.9. The maximum Gasteiger partial charge on any atom is 0.411 e. The SMILES string of the molecule is CCOc1ccc2c(C(=N)CC=NC)c(-c3ccc(NC(=O)OC(C)C)cc3)n(C3CCC3)c2c1. The van der Waals surface area contributed by atoms with Gasteiger partial charge in [0.25, 0.3) is 0 Å². The molecule has 1 heterocycles. The summed E-state index contributed by atoms with van der Waals surface area (Å²) in [6.07, 6.45) is 5.00. The summed E-state index contributed by atoms with van der Waals surface area (Å²) in [6.45, 7) is 6.22. The zero-order chi connectivity index (χ0) is 24.9. The number of aromatic nitrogens is 1. The van der Waals surface area contributed by atoms with E-state index in [2.05, 4.69) is 27.0 Å². The smallest absolute Gasteiger partial charge is 0.411 e. The number of hydrogen-bond donors (Lipinski definition) is 2. The highest BCUT2D eigenvalue weighted by molar-refractivity contribution is 6.18. The van der Waals surface area contributed by atoms with Crippen molar-refractivity contribution in [1.29, 1.82) is 5.41 Å². The Kier molecular flexibility index (Phi) is 7.54. The van der Waals surface area contributed by atoms with Crippen LogP contribution in [0.4, 0.5) is 10.5 Å². The second-order valence-electron chi connectivity index (χ2n) is 9.07. The highest BCUT2D eigenvalue weighted by Gasteiger charge is 2.29. The molecule has 1 aliphatic carbocycles. The third-order valence-corrected chi connectivity index (χ3v) is 6.25. The van der Waals surface area contributed by atoms with E-state index in [1.54, 1.807) is 13.3 Å². The molecule has 4 rings (SSSR count). The first-order chi connectivity index (χ1) is 16.9. The molecule has 2 N–H and O–H groups in total. The summed E-state index contributed by atoms with van der Waals surface area (Å²) < 4.78 is 13.4. The Hall–Kier alpha value is -3.61. The standard InChI is InChI=1S/C28H34N4O3/c1-5-34-22-13-14-23-25(17-22)32(21-7-6-8-21)27(26(23)24(29)15-16-30-4)19-9-11-20(12-10-19)31-28(33)35-18(2)3/h9-14,16-18,21,29H,5-8,15H2,1-4H3,(H,31,33). The van der Waals surface area contributed by atoms with E-state index < -0.39 is 6.09 Å². The average Bonchev–Trinajstić information content (AvgIpc) is 3.11. The second kappa shape index (κ2) is 10.8. The molecule has 0 atom stereocenters. The third kappa shape index (κ3) is 5.24. The number of aliphatic imine (C=N–C) groups is 1. The molecule has 0 bridgehead atoms. The zero-order valence-electron chi connectivity index (χ0n) is 20.9. The first kappa shape index (κ1) is 24.5. The number of nitrogens with zero attached hydrogens (tertiary/aromatic N) is 2. The van der Waals surface area contributed by atoms with E-state index in [1.165, 1.54) is 6.42 Å². The highest BCUT2D eigenvalue weighted by Crippen LogP contribution is 2.44. The van der Waals surface area contributed by atoms with E-state index in [9.17, 15) is 4.79 Å². The van der Waals surface area contributed by atoms with Crippen molar-refractivity contribution >= 4 is 34.6 Å². The molecule has 7 nitrogen and oxygen atoms in total. The molecule has 1 fully saturated rings. The van der Waals surface area contributed by atoms with Gasteiger partial charge in [-0.3, -0.25) is 5.32 Å². The lowest BCUT2D eigenvalue weighted by molar-refractivity contribution is 0.130. The molecule has 1 aliphatic rings. The summed E-state index contributed by atoms with van der Waals surface area (Å²) in [5, 5.41) is 12.8. The van der Waals surface area contributed by atoms with Gasteiger partial charge >= 0.3 is 6.09 Å². The number of rotatable bonds is 9. The molecule has 0 aliphatic heterocycles. The monoisotopic (exact) mass is 474 g/mol. The molecule has 0 radical (unpaired) electrons. The molecule has 0 saturated heterocycles. The molecule has 0 unspecified atom stereocenters. The van der Waals surface area contributed by atoms with Gasteiger partial charge < -0.3 is 24.4 Å². The van der Waals surface area contributed by atoms with Crippen LogP contribution in [0.25, 0.3) is 22.2 Å². The van der Waals surface area contributed by atoms with Crippen LogP contribution in [0, 0.1) is 5.41 Å². The first-order valence-electron chi connectivity index (χ1n) is 12.3.